The molecule has 0 fully saturated rings. The first-order valence-electron chi connectivity index (χ1n) is 5.68. The number of halogens is 3. The van der Waals surface area contributed by atoms with Crippen LogP contribution in [0, 0.1) is 17.5 Å². The zero-order chi connectivity index (χ0) is 14.0. The fourth-order valence-corrected chi connectivity index (χ4v) is 1.86. The van der Waals surface area contributed by atoms with Crippen LogP contribution in [0.5, 0.6) is 0 Å². The van der Waals surface area contributed by atoms with Crippen molar-refractivity contribution in [1.82, 2.24) is 0 Å². The number of para-hydroxylation sites is 1. The second-order valence-corrected chi connectivity index (χ2v) is 4.28. The maximum absolute atomic E-state index is 13.3. The number of hydrogen-bond donors (Lipinski definition) is 1. The second-order valence-electron chi connectivity index (χ2n) is 4.28. The van der Waals surface area contributed by atoms with Gasteiger partial charge in [-0.2, -0.15) is 0 Å². The highest BCUT2D eigenvalue weighted by Crippen LogP contribution is 2.26. The van der Waals surface area contributed by atoms with Crippen molar-refractivity contribution in [3.63, 3.8) is 0 Å². The molecule has 19 heavy (non-hydrogen) atoms. The molecule has 2 N–H and O–H groups in total. The van der Waals surface area contributed by atoms with E-state index in [0.717, 1.165) is 12.1 Å². The van der Waals surface area contributed by atoms with Gasteiger partial charge in [0.1, 0.15) is 5.82 Å². The van der Waals surface area contributed by atoms with Gasteiger partial charge in [-0.25, -0.2) is 13.2 Å². The molecule has 0 aromatic heterocycles. The predicted octanol–water partition coefficient (Wildman–Crippen LogP) is 3.32. The van der Waals surface area contributed by atoms with Gasteiger partial charge in [0.15, 0.2) is 11.6 Å². The summed E-state index contributed by atoms with van der Waals surface area (Å²) in [5.74, 6) is -2.30. The summed E-state index contributed by atoms with van der Waals surface area (Å²) in [4.78, 5) is 1.67. The molecule has 100 valence electrons. The molecule has 0 aliphatic rings. The summed E-state index contributed by atoms with van der Waals surface area (Å²) >= 11 is 0. The van der Waals surface area contributed by atoms with E-state index >= 15 is 0 Å². The van der Waals surface area contributed by atoms with Crippen LogP contribution < -0.4 is 10.6 Å². The minimum atomic E-state index is -0.905. The largest absolute Gasteiger partial charge is 0.395 e. The summed E-state index contributed by atoms with van der Waals surface area (Å²) in [5.41, 5.74) is 6.75. The highest BCUT2D eigenvalue weighted by atomic mass is 19.2. The molecule has 0 bridgehead atoms. The standard InChI is InChI=1S/C14H13F3N2/c1-19(13-4-2-3-11(16)14(13)18)8-9-5-6-10(15)12(17)7-9/h2-7H,8,18H2,1H3. The lowest BCUT2D eigenvalue weighted by Crippen LogP contribution is -2.18. The Hall–Kier alpha value is -2.17. The fraction of sp³-hybridized carbons (Fsp3) is 0.143. The van der Waals surface area contributed by atoms with Gasteiger partial charge in [-0.15, -0.1) is 0 Å². The van der Waals surface area contributed by atoms with Gasteiger partial charge >= 0.3 is 0 Å². The smallest absolute Gasteiger partial charge is 0.159 e. The van der Waals surface area contributed by atoms with Gasteiger partial charge in [-0.1, -0.05) is 12.1 Å². The molecule has 2 rings (SSSR count). The first-order chi connectivity index (χ1) is 8.99. The van der Waals surface area contributed by atoms with Crippen LogP contribution in [0.15, 0.2) is 36.4 Å². The zero-order valence-corrected chi connectivity index (χ0v) is 10.3. The van der Waals surface area contributed by atoms with E-state index in [9.17, 15) is 13.2 Å². The Morgan fingerprint density at radius 2 is 1.74 bits per heavy atom. The number of anilines is 2. The number of nitrogen functional groups attached to an aromatic ring is 1. The topological polar surface area (TPSA) is 29.3 Å². The van der Waals surface area contributed by atoms with Crippen molar-refractivity contribution in [1.29, 1.82) is 0 Å². The second kappa shape index (κ2) is 5.22. The average molecular weight is 266 g/mol. The van der Waals surface area contributed by atoms with E-state index in [1.807, 2.05) is 0 Å². The first kappa shape index (κ1) is 13.3. The van der Waals surface area contributed by atoms with Crippen LogP contribution in [0.25, 0.3) is 0 Å². The van der Waals surface area contributed by atoms with Crippen LogP contribution in [0.3, 0.4) is 0 Å². The third-order valence-electron chi connectivity index (χ3n) is 2.84. The summed E-state index contributed by atoms with van der Waals surface area (Å²) in [5, 5.41) is 0. The monoisotopic (exact) mass is 266 g/mol. The number of benzene rings is 2. The summed E-state index contributed by atoms with van der Waals surface area (Å²) in [7, 11) is 1.70. The van der Waals surface area contributed by atoms with E-state index in [1.54, 1.807) is 24.1 Å². The first-order valence-corrected chi connectivity index (χ1v) is 5.68. The van der Waals surface area contributed by atoms with Gasteiger partial charge < -0.3 is 10.6 Å². The Kier molecular flexibility index (Phi) is 3.64. The molecule has 0 aliphatic carbocycles. The molecule has 0 aliphatic heterocycles. The minimum Gasteiger partial charge on any atom is -0.395 e. The molecule has 5 heteroatoms. The van der Waals surface area contributed by atoms with Gasteiger partial charge in [-0.05, 0) is 29.8 Å². The van der Waals surface area contributed by atoms with Crippen molar-refractivity contribution >= 4 is 11.4 Å². The Bertz CT molecular complexity index is 599. The maximum atomic E-state index is 13.3. The van der Waals surface area contributed by atoms with Gasteiger partial charge in [0, 0.05) is 13.6 Å². The van der Waals surface area contributed by atoms with E-state index in [4.69, 9.17) is 5.73 Å². The van der Waals surface area contributed by atoms with E-state index in [0.29, 0.717) is 17.8 Å². The van der Waals surface area contributed by atoms with Crippen molar-refractivity contribution in [2.75, 3.05) is 17.7 Å². The third-order valence-corrected chi connectivity index (χ3v) is 2.84. The molecular weight excluding hydrogens is 253 g/mol. The highest BCUT2D eigenvalue weighted by molar-refractivity contribution is 5.67. The van der Waals surface area contributed by atoms with Crippen molar-refractivity contribution in [3.8, 4) is 0 Å². The number of hydrogen-bond acceptors (Lipinski definition) is 2. The van der Waals surface area contributed by atoms with Crippen LogP contribution in [0.4, 0.5) is 24.5 Å². The summed E-state index contributed by atoms with van der Waals surface area (Å²) < 4.78 is 39.2. The lowest BCUT2D eigenvalue weighted by Gasteiger charge is -2.21. The molecule has 0 spiro atoms. The molecule has 0 saturated heterocycles. The molecule has 2 aromatic rings. The van der Waals surface area contributed by atoms with Crippen LogP contribution in [-0.4, -0.2) is 7.05 Å². The van der Waals surface area contributed by atoms with Crippen molar-refractivity contribution in [3.05, 3.63) is 59.4 Å². The highest BCUT2D eigenvalue weighted by Gasteiger charge is 2.10. The van der Waals surface area contributed by atoms with E-state index in [1.165, 1.54) is 12.1 Å². The van der Waals surface area contributed by atoms with Crippen LogP contribution in [0.1, 0.15) is 5.56 Å². The molecule has 0 saturated carbocycles. The Labute approximate surface area is 109 Å². The van der Waals surface area contributed by atoms with Gasteiger partial charge in [0.25, 0.3) is 0 Å². The summed E-state index contributed by atoms with van der Waals surface area (Å²) in [6.45, 7) is 0.296. The van der Waals surface area contributed by atoms with Crippen LogP contribution >= 0.6 is 0 Å². The van der Waals surface area contributed by atoms with Crippen molar-refractivity contribution in [2.45, 2.75) is 6.54 Å². The number of rotatable bonds is 3. The molecule has 0 heterocycles. The number of nitrogens with two attached hydrogens (primary N) is 1. The average Bonchev–Trinajstić information content (AvgIpc) is 2.37. The number of nitrogens with zero attached hydrogens (tertiary/aromatic N) is 1. The molecule has 2 nitrogen and oxygen atoms in total. The van der Waals surface area contributed by atoms with Crippen LogP contribution in [-0.2, 0) is 6.54 Å². The lowest BCUT2D eigenvalue weighted by atomic mass is 10.2. The Morgan fingerprint density at radius 1 is 1.00 bits per heavy atom. The molecular formula is C14H13F3N2. The Balaban J connectivity index is 2.23. The molecule has 0 unspecified atom stereocenters. The van der Waals surface area contributed by atoms with Crippen LogP contribution in [0.2, 0.25) is 0 Å². The minimum absolute atomic E-state index is 0.0348. The van der Waals surface area contributed by atoms with Gasteiger partial charge in [-0.3, -0.25) is 0 Å². The molecule has 0 atom stereocenters. The fourth-order valence-electron chi connectivity index (χ4n) is 1.86. The third kappa shape index (κ3) is 2.81. The quantitative estimate of drug-likeness (QED) is 0.863. The van der Waals surface area contributed by atoms with E-state index < -0.39 is 17.5 Å². The Morgan fingerprint density at radius 3 is 2.42 bits per heavy atom. The zero-order valence-electron chi connectivity index (χ0n) is 10.3. The normalized spacial score (nSPS) is 10.5. The SMILES string of the molecule is CN(Cc1ccc(F)c(F)c1)c1cccc(F)c1N. The van der Waals surface area contributed by atoms with Gasteiger partial charge in [0.05, 0.1) is 11.4 Å². The van der Waals surface area contributed by atoms with Crippen molar-refractivity contribution < 1.29 is 13.2 Å². The van der Waals surface area contributed by atoms with E-state index in [-0.39, 0.29) is 5.69 Å². The summed E-state index contributed by atoms with van der Waals surface area (Å²) in [6.07, 6.45) is 0. The van der Waals surface area contributed by atoms with E-state index in [2.05, 4.69) is 0 Å². The molecule has 0 amide bonds. The lowest BCUT2D eigenvalue weighted by molar-refractivity contribution is 0.507. The predicted molar refractivity (Wildman–Crippen MR) is 69.3 cm³/mol. The maximum Gasteiger partial charge on any atom is 0.159 e. The summed E-state index contributed by atoms with van der Waals surface area (Å²) in [6, 6.07) is 8.13. The van der Waals surface area contributed by atoms with Gasteiger partial charge in [0.2, 0.25) is 0 Å². The molecule has 0 radical (unpaired) electrons. The van der Waals surface area contributed by atoms with Crippen molar-refractivity contribution in [2.24, 2.45) is 0 Å². The molecule has 2 aromatic carbocycles.